The molecular formula is C108H147N5. The van der Waals surface area contributed by atoms with Crippen molar-refractivity contribution >= 4 is 75.4 Å². The molecule has 0 spiro atoms. The molecule has 0 saturated carbocycles. The van der Waals surface area contributed by atoms with E-state index in [0.29, 0.717) is 0 Å². The van der Waals surface area contributed by atoms with Crippen LogP contribution in [0.2, 0.25) is 0 Å². The Labute approximate surface area is 689 Å². The molecule has 4 heterocycles. The van der Waals surface area contributed by atoms with E-state index < -0.39 is 0 Å². The number of hydrogen-bond donors (Lipinski definition) is 0. The average Bonchev–Trinajstić information content (AvgIpc) is 0.751. The van der Waals surface area contributed by atoms with Gasteiger partial charge in [0.15, 0.2) is 0 Å². The monoisotopic (exact) mass is 1510 g/mol. The summed E-state index contributed by atoms with van der Waals surface area (Å²) in [6.07, 6.45) is 12.4. The van der Waals surface area contributed by atoms with E-state index in [1.54, 1.807) is 43.2 Å². The van der Waals surface area contributed by atoms with Gasteiger partial charge in [-0.25, -0.2) is 9.97 Å². The summed E-state index contributed by atoms with van der Waals surface area (Å²) in [4.78, 5) is 19.4. The maximum absolute atomic E-state index is 3.98. The largest absolute Gasteiger partial charge is 0.265 e. The molecule has 0 aliphatic rings. The molecule has 12 aromatic carbocycles. The Morgan fingerprint density at radius 3 is 0.938 bits per heavy atom. The average molecular weight is 1520 g/mol. The van der Waals surface area contributed by atoms with Crippen LogP contribution in [-0.2, 0) is 0 Å². The molecule has 0 aliphatic carbocycles. The summed E-state index contributed by atoms with van der Waals surface area (Å²) in [5, 5.41) is 18.8. The van der Waals surface area contributed by atoms with E-state index in [0.717, 1.165) is 11.5 Å². The summed E-state index contributed by atoms with van der Waals surface area (Å²) in [6, 6.07) is 99.1. The van der Waals surface area contributed by atoms with Gasteiger partial charge in [0.1, 0.15) is 5.82 Å². The minimum Gasteiger partial charge on any atom is -0.265 e. The van der Waals surface area contributed by atoms with Crippen LogP contribution in [0.4, 0.5) is 0 Å². The van der Waals surface area contributed by atoms with Gasteiger partial charge >= 0.3 is 0 Å². The number of nitrogens with zero attached hydrogens (tertiary/aromatic N) is 5. The Kier molecular flexibility index (Phi) is 70.7. The Morgan fingerprint density at radius 2 is 0.540 bits per heavy atom. The highest BCUT2D eigenvalue weighted by Crippen LogP contribution is 2.35. The number of hydrogen-bond acceptors (Lipinski definition) is 5. The fourth-order valence-electron chi connectivity index (χ4n) is 10.2. The molecule has 4 aromatic heterocycles. The van der Waals surface area contributed by atoms with Crippen LogP contribution in [0.5, 0.6) is 0 Å². The minimum atomic E-state index is 0.822. The molecule has 16 rings (SSSR count). The zero-order valence-electron chi connectivity index (χ0n) is 75.9. The van der Waals surface area contributed by atoms with Crippen molar-refractivity contribution in [1.29, 1.82) is 0 Å². The van der Waals surface area contributed by atoms with E-state index >= 15 is 0 Å². The van der Waals surface area contributed by atoms with Gasteiger partial charge in [-0.15, -0.1) is 0 Å². The van der Waals surface area contributed by atoms with E-state index in [1.165, 1.54) is 114 Å². The third-order valence-corrected chi connectivity index (χ3v) is 14.9. The normalized spacial score (nSPS) is 8.66. The zero-order chi connectivity index (χ0) is 86.0. The maximum atomic E-state index is 3.98. The lowest BCUT2D eigenvalue weighted by molar-refractivity contribution is 1.05. The Balaban J connectivity index is -0.000000584. The quantitative estimate of drug-likeness (QED) is 0.142. The van der Waals surface area contributed by atoms with Crippen molar-refractivity contribution in [2.75, 3.05) is 0 Å². The van der Waals surface area contributed by atoms with Gasteiger partial charge in [0, 0.05) is 49.1 Å². The predicted octanol–water partition coefficient (Wildman–Crippen LogP) is 34.3. The number of rotatable bonds is 0. The van der Waals surface area contributed by atoms with E-state index in [4.69, 9.17) is 0 Å². The van der Waals surface area contributed by atoms with Crippen LogP contribution in [0.1, 0.15) is 203 Å². The topological polar surface area (TPSA) is 64.5 Å². The molecular weight excluding hydrogens is 1370 g/mol. The first kappa shape index (κ1) is 108. The fourth-order valence-corrected chi connectivity index (χ4v) is 10.2. The summed E-state index contributed by atoms with van der Waals surface area (Å²) >= 11 is 0. The van der Waals surface area contributed by atoms with E-state index in [1.807, 2.05) is 247 Å². The zero-order valence-corrected chi connectivity index (χ0v) is 75.9. The lowest BCUT2D eigenvalue weighted by Crippen LogP contribution is -1.83. The standard InChI is InChI=1S/C19H14.C15H12.2C11H10.C7H8.3C6H7N.C5H6N2.11C2H6/c1-13-10-11-18-16-8-3-2-6-14(16)15-7-4-5-9-17(15)19(18)12-13;1-11-10-12-6-2-3-8-14(12)15-9-5-4-7-13(11)15;1-9-5-4-7-10-6-2-3-8-11(9)10;1-9-6-7-10-4-2-3-5-11(10)8-9;1-7-5-3-2-4-6-7;1-6-2-4-7-5-3-6;1-6-3-2-4-7-5-6;1-6-4-2-3-5-7-6;1-5-6-3-2-4-7-5;11*1-2/h2-12H,1H3;2-10H,1H3;2*2-8H,1H3;2-6H,1H3;3*2-5H,1H3;2-4H,1H3;11*1-2H3. The molecule has 16 aromatic rings. The molecule has 5 nitrogen and oxygen atoms in total. The lowest BCUT2D eigenvalue weighted by atomic mass is 9.93. The lowest BCUT2D eigenvalue weighted by Gasteiger charge is -2.10. The van der Waals surface area contributed by atoms with Gasteiger partial charge in [0.2, 0.25) is 0 Å². The van der Waals surface area contributed by atoms with Crippen LogP contribution in [0, 0.1) is 62.3 Å². The van der Waals surface area contributed by atoms with Gasteiger partial charge in [0.05, 0.1) is 0 Å². The van der Waals surface area contributed by atoms with Crippen molar-refractivity contribution in [3.8, 4) is 0 Å². The van der Waals surface area contributed by atoms with Crippen molar-refractivity contribution in [1.82, 2.24) is 24.9 Å². The van der Waals surface area contributed by atoms with Crippen LogP contribution in [0.15, 0.2) is 328 Å². The van der Waals surface area contributed by atoms with Gasteiger partial charge in [-0.2, -0.15) is 0 Å². The molecule has 0 amide bonds. The fraction of sp³-hybridized carbons (Fsp3) is 0.287. The highest BCUT2D eigenvalue weighted by atomic mass is 14.8. The molecule has 0 fully saturated rings. The number of pyridine rings is 3. The second-order valence-corrected chi connectivity index (χ2v) is 22.2. The third-order valence-electron chi connectivity index (χ3n) is 14.9. The van der Waals surface area contributed by atoms with Crippen LogP contribution in [-0.4, -0.2) is 24.9 Å². The van der Waals surface area contributed by atoms with Gasteiger partial charge in [-0.1, -0.05) is 418 Å². The van der Waals surface area contributed by atoms with Crippen LogP contribution in [0.3, 0.4) is 0 Å². The third kappa shape index (κ3) is 43.4. The van der Waals surface area contributed by atoms with Gasteiger partial charge in [-0.3, -0.25) is 15.0 Å². The molecule has 0 atom stereocenters. The Morgan fingerprint density at radius 1 is 0.168 bits per heavy atom. The first-order valence-corrected chi connectivity index (χ1v) is 41.8. The molecule has 0 bridgehead atoms. The highest BCUT2D eigenvalue weighted by molar-refractivity contribution is 6.25. The summed E-state index contributed by atoms with van der Waals surface area (Å²) in [5.41, 5.74) is 10.2. The highest BCUT2D eigenvalue weighted by Gasteiger charge is 2.08. The van der Waals surface area contributed by atoms with Crippen molar-refractivity contribution in [3.63, 3.8) is 0 Å². The first-order chi connectivity index (χ1) is 55.4. The molecule has 5 heteroatoms. The molecule has 0 unspecified atom stereocenters. The summed E-state index contributed by atoms with van der Waals surface area (Å²) in [7, 11) is 0. The van der Waals surface area contributed by atoms with Crippen LogP contribution < -0.4 is 0 Å². The Bertz CT molecular complexity index is 4530. The number of aromatic nitrogens is 5. The van der Waals surface area contributed by atoms with Crippen molar-refractivity contribution in [2.45, 2.75) is 215 Å². The SMILES string of the molecule is CC.CC.CC.CC.CC.CC.CC.CC.CC.CC.CC.Cc1cc2ccccc2c2ccccc12.Cc1ccc2c3ccccc3c3ccccc3c2c1.Cc1ccc2ccccc2c1.Cc1cccc2ccccc12.Cc1ccccc1.Cc1ccccn1.Cc1cccnc1.Cc1ccncc1.Cc1ncccn1. The number of aryl methyl sites for hydroxylation is 9. The second-order valence-electron chi connectivity index (χ2n) is 22.2. The van der Waals surface area contributed by atoms with Crippen LogP contribution >= 0.6 is 0 Å². The smallest absolute Gasteiger partial charge is 0.125 e. The molecule has 0 N–H and O–H groups in total. The van der Waals surface area contributed by atoms with Crippen LogP contribution in [0.25, 0.3) is 75.4 Å². The maximum Gasteiger partial charge on any atom is 0.125 e. The molecule has 0 radical (unpaired) electrons. The number of benzene rings is 12. The van der Waals surface area contributed by atoms with E-state index in [-0.39, 0.29) is 0 Å². The Hall–Kier alpha value is -11.0. The van der Waals surface area contributed by atoms with Crippen molar-refractivity contribution in [3.05, 3.63) is 379 Å². The summed E-state index contributed by atoms with van der Waals surface area (Å²) < 4.78 is 0. The molecule has 604 valence electrons. The van der Waals surface area contributed by atoms with Gasteiger partial charge in [-0.05, 0) is 196 Å². The van der Waals surface area contributed by atoms with Gasteiger partial charge < -0.3 is 0 Å². The molecule has 113 heavy (non-hydrogen) atoms. The van der Waals surface area contributed by atoms with Crippen molar-refractivity contribution in [2.24, 2.45) is 0 Å². The van der Waals surface area contributed by atoms with E-state index in [9.17, 15) is 0 Å². The van der Waals surface area contributed by atoms with E-state index in [2.05, 4.69) is 278 Å². The summed E-state index contributed by atoms with van der Waals surface area (Å²) in [6.45, 7) is 62.6. The second kappa shape index (κ2) is 73.8. The molecule has 0 aliphatic heterocycles. The minimum absolute atomic E-state index is 0.822. The van der Waals surface area contributed by atoms with Crippen molar-refractivity contribution < 1.29 is 0 Å². The van der Waals surface area contributed by atoms with Gasteiger partial charge in [0.25, 0.3) is 0 Å². The first-order valence-electron chi connectivity index (χ1n) is 41.8. The molecule has 0 saturated heterocycles. The summed E-state index contributed by atoms with van der Waals surface area (Å²) in [5.74, 6) is 0.822. The number of fused-ring (bicyclic) bond motifs is 11. The predicted molar refractivity (Wildman–Crippen MR) is 517 cm³/mol.